The molecule has 1 amide bonds. The number of aromatic nitrogens is 1. The van der Waals surface area contributed by atoms with Crippen LogP contribution >= 0.6 is 23.1 Å². The zero-order valence-electron chi connectivity index (χ0n) is 34.9. The van der Waals surface area contributed by atoms with E-state index in [1.807, 2.05) is 0 Å². The van der Waals surface area contributed by atoms with E-state index in [2.05, 4.69) is 4.98 Å². The molecule has 21 heteroatoms. The van der Waals surface area contributed by atoms with E-state index in [4.69, 9.17) is 42.0 Å². The van der Waals surface area contributed by atoms with Crippen LogP contribution in [0.1, 0.15) is 68.3 Å². The smallest absolute Gasteiger partial charge is 0.519 e. The number of methoxy groups -OCH3 is 1. The Morgan fingerprint density at radius 1 is 0.984 bits per heavy atom. The number of thioether (sulfide) groups is 1. The first-order chi connectivity index (χ1) is 29.2. The second kappa shape index (κ2) is 25.0. The van der Waals surface area contributed by atoms with Gasteiger partial charge >= 0.3 is 11.8 Å². The molecule has 2 aliphatic heterocycles. The molecule has 0 saturated carbocycles. The average molecular weight is 915 g/mol. The van der Waals surface area contributed by atoms with Crippen molar-refractivity contribution < 1.29 is 70.8 Å². The summed E-state index contributed by atoms with van der Waals surface area (Å²) in [5.74, 6) is -2.82. The van der Waals surface area contributed by atoms with Gasteiger partial charge in [0.05, 0.1) is 95.3 Å². The molecule has 0 radical (unpaired) electrons. The molecule has 4 bridgehead atoms. The molecule has 5 atom stereocenters. The van der Waals surface area contributed by atoms with Gasteiger partial charge in [-0.25, -0.2) is 14.6 Å². The van der Waals surface area contributed by atoms with E-state index in [9.17, 15) is 33.6 Å². The Hall–Kier alpha value is -3.48. The van der Waals surface area contributed by atoms with Crippen molar-refractivity contribution in [3.8, 4) is 0 Å². The molecule has 2 aromatic rings. The summed E-state index contributed by atoms with van der Waals surface area (Å²) in [7, 11) is 1.61. The summed E-state index contributed by atoms with van der Waals surface area (Å²) < 4.78 is 61.3. The lowest BCUT2D eigenvalue weighted by molar-refractivity contribution is -0.156. The van der Waals surface area contributed by atoms with Gasteiger partial charge in [0, 0.05) is 18.9 Å². The molecule has 18 nitrogen and oxygen atoms in total. The zero-order valence-corrected chi connectivity index (χ0v) is 37.4. The molecule has 1 unspecified atom stereocenters. The maximum absolute atomic E-state index is 14.6. The number of carbonyl (C=O) groups excluding carboxylic acids is 4. The summed E-state index contributed by atoms with van der Waals surface area (Å²) in [5, 5.41) is 13.5. The number of aliphatic hydroxyl groups is 1. The van der Waals surface area contributed by atoms with Crippen molar-refractivity contribution >= 4 is 63.3 Å². The van der Waals surface area contributed by atoms with E-state index in [-0.39, 0.29) is 43.3 Å². The standard InChI is InChI=1S/C40H54N2O16S3/c1-27-10-11-40(39(4,48)37(46)60-26-33-29(3)56-38(47)58-33)23-34(44)42(61(40)49)28(2)36-41-30(25-59-36)8-6-7-9-31(43)32(22-27)57-35(45)24-55-21-20-54-19-18-53-17-16-52-15-14-51-13-12-50-5/h6-9,22,25,28,32,48H,10-21,23-24,26H2,1-5H3/b8-6+,9-7+,27-22+/t28-,32-,39+,40-,61?/m1/s1. The highest BCUT2D eigenvalue weighted by molar-refractivity contribution is 8.13. The predicted molar refractivity (Wildman–Crippen MR) is 224 cm³/mol. The Bertz CT molecular complexity index is 1900. The zero-order chi connectivity index (χ0) is 44.4. The van der Waals surface area contributed by atoms with Crippen LogP contribution in [0.25, 0.3) is 6.08 Å². The minimum absolute atomic E-state index is 0.0340. The second-order valence-corrected chi connectivity index (χ2v) is 17.6. The Kier molecular flexibility index (Phi) is 20.5. The molecule has 1 N–H and O–H groups in total. The number of carbonyl (C=O) groups is 4. The molecule has 2 aliphatic rings. The number of thiazole rings is 1. The SMILES string of the molecule is COCCOCCOCCOCCOCCOCC(=O)O[C@@H]1/C=C(\C)CC[C@]2([C@@](C)(O)C(=O)SCc3oc(=O)oc3C)CC(=O)N([C@H](C)c3nc(cs3)/C=C/C=C/C1=O)[S+]2[O-]. The van der Waals surface area contributed by atoms with Crippen molar-refractivity contribution in [2.75, 3.05) is 79.8 Å². The van der Waals surface area contributed by atoms with E-state index in [1.54, 1.807) is 38.5 Å². The monoisotopic (exact) mass is 914 g/mol. The first kappa shape index (κ1) is 50.2. The molecule has 4 heterocycles. The molecular formula is C40H54N2O16S3. The molecule has 0 spiro atoms. The molecule has 0 aliphatic carbocycles. The van der Waals surface area contributed by atoms with Crippen LogP contribution in [-0.4, -0.2) is 138 Å². The minimum atomic E-state index is -2.36. The van der Waals surface area contributed by atoms with E-state index in [0.29, 0.717) is 80.9 Å². The molecule has 2 aromatic heterocycles. The lowest BCUT2D eigenvalue weighted by Gasteiger charge is -2.40. The van der Waals surface area contributed by atoms with Crippen molar-refractivity contribution in [2.45, 2.75) is 75.2 Å². The fourth-order valence-corrected chi connectivity index (χ4v) is 10.0. The van der Waals surface area contributed by atoms with Crippen LogP contribution in [0.4, 0.5) is 0 Å². The first-order valence-electron chi connectivity index (χ1n) is 19.5. The summed E-state index contributed by atoms with van der Waals surface area (Å²) in [6.07, 6.45) is 5.40. The second-order valence-electron chi connectivity index (χ2n) is 14.0. The van der Waals surface area contributed by atoms with Crippen LogP contribution in [0.2, 0.25) is 0 Å². The third-order valence-corrected chi connectivity index (χ3v) is 14.0. The van der Waals surface area contributed by atoms with Crippen LogP contribution in [0.15, 0.2) is 48.9 Å². The summed E-state index contributed by atoms with van der Waals surface area (Å²) in [5.41, 5.74) is -1.37. The van der Waals surface area contributed by atoms with Gasteiger partial charge in [0.15, 0.2) is 28.0 Å². The summed E-state index contributed by atoms with van der Waals surface area (Å²) >= 11 is -0.424. The maximum atomic E-state index is 14.6. The van der Waals surface area contributed by atoms with Crippen LogP contribution < -0.4 is 5.82 Å². The first-order valence-corrected chi connectivity index (χ1v) is 22.5. The normalized spacial score (nSPS) is 23.9. The number of amides is 1. The van der Waals surface area contributed by atoms with Gasteiger partial charge in [-0.05, 0) is 52.3 Å². The number of rotatable bonds is 22. The van der Waals surface area contributed by atoms with E-state index in [1.165, 1.54) is 43.4 Å². The number of nitrogens with zero attached hydrogens (tertiary/aromatic N) is 2. The van der Waals surface area contributed by atoms with E-state index < -0.39 is 75.5 Å². The number of ketones is 1. The summed E-state index contributed by atoms with van der Waals surface area (Å²) in [6, 6.07) is -0.779. The largest absolute Gasteiger partial charge is 0.592 e. The Morgan fingerprint density at radius 2 is 1.59 bits per heavy atom. The third-order valence-electron chi connectivity index (χ3n) is 9.58. The predicted octanol–water partition coefficient (Wildman–Crippen LogP) is 3.42. The Balaban J connectivity index is 1.40. The van der Waals surface area contributed by atoms with Gasteiger partial charge in [-0.15, -0.1) is 11.3 Å². The summed E-state index contributed by atoms with van der Waals surface area (Å²) in [6.45, 7) is 9.20. The highest BCUT2D eigenvalue weighted by atomic mass is 32.2. The fraction of sp³-hybridized carbons (Fsp3) is 0.600. The number of hydrogen-bond donors (Lipinski definition) is 1. The van der Waals surface area contributed by atoms with Gasteiger partial charge in [-0.1, -0.05) is 29.5 Å². The molecule has 61 heavy (non-hydrogen) atoms. The maximum Gasteiger partial charge on any atom is 0.519 e. The highest BCUT2D eigenvalue weighted by Gasteiger charge is 2.69. The van der Waals surface area contributed by atoms with E-state index in [0.717, 1.165) is 4.31 Å². The van der Waals surface area contributed by atoms with Crippen LogP contribution in [-0.2, 0) is 69.5 Å². The quantitative estimate of drug-likeness (QED) is 0.0771. The molecule has 1 fully saturated rings. The van der Waals surface area contributed by atoms with Crippen molar-refractivity contribution in [3.05, 3.63) is 68.1 Å². The fourth-order valence-electron chi connectivity index (χ4n) is 6.09. The van der Waals surface area contributed by atoms with Gasteiger partial charge in [-0.2, -0.15) is 4.31 Å². The minimum Gasteiger partial charge on any atom is -0.592 e. The van der Waals surface area contributed by atoms with E-state index >= 15 is 0 Å². The lowest BCUT2D eigenvalue weighted by Crippen LogP contribution is -2.60. The Morgan fingerprint density at radius 3 is 2.20 bits per heavy atom. The van der Waals surface area contributed by atoms with Crippen molar-refractivity contribution in [1.82, 2.24) is 9.29 Å². The lowest BCUT2D eigenvalue weighted by atomic mass is 9.81. The van der Waals surface area contributed by atoms with Crippen LogP contribution in [0.3, 0.4) is 0 Å². The van der Waals surface area contributed by atoms with Crippen LogP contribution in [0, 0.1) is 6.92 Å². The number of hydrogen-bond acceptors (Lipinski definition) is 19. The van der Waals surface area contributed by atoms with Gasteiger partial charge in [-0.3, -0.25) is 14.4 Å². The topological polar surface area (TPSA) is 236 Å². The van der Waals surface area contributed by atoms with Crippen molar-refractivity contribution in [2.24, 2.45) is 0 Å². The van der Waals surface area contributed by atoms with Crippen molar-refractivity contribution in [1.29, 1.82) is 0 Å². The molecular weight excluding hydrogens is 861 g/mol. The number of aryl methyl sites for hydroxylation is 1. The van der Waals surface area contributed by atoms with Gasteiger partial charge in [0.25, 0.3) is 5.91 Å². The van der Waals surface area contributed by atoms with Gasteiger partial charge in [0.1, 0.15) is 23.4 Å². The summed E-state index contributed by atoms with van der Waals surface area (Å²) in [4.78, 5) is 70.1. The third kappa shape index (κ3) is 14.5. The van der Waals surface area contributed by atoms with Crippen molar-refractivity contribution in [3.63, 3.8) is 0 Å². The highest BCUT2D eigenvalue weighted by Crippen LogP contribution is 2.50. The van der Waals surface area contributed by atoms with Gasteiger partial charge < -0.3 is 51.7 Å². The molecule has 0 aromatic carbocycles. The molecule has 338 valence electrons. The number of ether oxygens (including phenoxy) is 7. The number of allylic oxidation sites excluding steroid dienone is 3. The Labute approximate surface area is 365 Å². The van der Waals surface area contributed by atoms with Gasteiger partial charge in [0.2, 0.25) is 5.12 Å². The molecule has 1 saturated heterocycles. The van der Waals surface area contributed by atoms with Crippen LogP contribution in [0.5, 0.6) is 0 Å². The number of fused-ring (bicyclic) bond motifs is 4. The molecule has 4 rings (SSSR count). The average Bonchev–Trinajstić information content (AvgIpc) is 3.90. The number of esters is 1.